The highest BCUT2D eigenvalue weighted by atomic mass is 19.4. The third kappa shape index (κ3) is 13.0. The molecule has 0 rings (SSSR count). The Bertz CT molecular complexity index is 224. The molecule has 108 valence electrons. The molecule has 0 spiro atoms. The zero-order valence-electron chi connectivity index (χ0n) is 10.2. The zero-order chi connectivity index (χ0) is 13.9. The van der Waals surface area contributed by atoms with Crippen molar-refractivity contribution in [2.75, 3.05) is 40.1 Å². The van der Waals surface area contributed by atoms with Gasteiger partial charge in [0.1, 0.15) is 0 Å². The molecule has 0 aliphatic heterocycles. The number of hydrogen-bond acceptors (Lipinski definition) is 4. The highest BCUT2D eigenvalue weighted by molar-refractivity contribution is 5.67. The van der Waals surface area contributed by atoms with E-state index in [4.69, 9.17) is 9.47 Å². The molecule has 0 aliphatic rings. The van der Waals surface area contributed by atoms with Crippen LogP contribution < -0.4 is 5.32 Å². The van der Waals surface area contributed by atoms with Crippen LogP contribution in [0.25, 0.3) is 0 Å². The molecule has 5 nitrogen and oxygen atoms in total. The highest BCUT2D eigenvalue weighted by Gasteiger charge is 2.29. The summed E-state index contributed by atoms with van der Waals surface area (Å²) in [7, 11) is 1.57. The Kier molecular flexibility index (Phi) is 9.39. The fourth-order valence-corrected chi connectivity index (χ4v) is 0.962. The van der Waals surface area contributed by atoms with Gasteiger partial charge in [0.15, 0.2) is 6.61 Å². The van der Waals surface area contributed by atoms with Crippen molar-refractivity contribution < 1.29 is 32.2 Å². The number of unbranched alkanes of at least 4 members (excludes halogenated alkanes) is 1. The number of halogens is 3. The Morgan fingerprint density at radius 2 is 1.89 bits per heavy atom. The summed E-state index contributed by atoms with van der Waals surface area (Å²) < 4.78 is 48.9. The Morgan fingerprint density at radius 1 is 1.17 bits per heavy atom. The van der Waals surface area contributed by atoms with Crippen molar-refractivity contribution in [3.63, 3.8) is 0 Å². The number of rotatable bonds is 9. The average Bonchev–Trinajstić information content (AvgIpc) is 2.29. The number of hydrogen-bond donors (Lipinski definition) is 1. The molecule has 0 atom stereocenters. The zero-order valence-corrected chi connectivity index (χ0v) is 10.2. The summed E-state index contributed by atoms with van der Waals surface area (Å²) >= 11 is 0. The number of alkyl halides is 3. The summed E-state index contributed by atoms with van der Waals surface area (Å²) in [4.78, 5) is 10.8. The van der Waals surface area contributed by atoms with Crippen LogP contribution in [0.4, 0.5) is 18.0 Å². The number of ether oxygens (including phenoxy) is 3. The third-order valence-corrected chi connectivity index (χ3v) is 1.78. The molecular formula is C10H18F3NO4. The molecule has 18 heavy (non-hydrogen) atoms. The largest absolute Gasteiger partial charge is 0.440 e. The lowest BCUT2D eigenvalue weighted by Gasteiger charge is -2.09. The van der Waals surface area contributed by atoms with Gasteiger partial charge < -0.3 is 19.5 Å². The first-order valence-corrected chi connectivity index (χ1v) is 5.50. The molecule has 1 amide bonds. The maximum atomic E-state index is 11.7. The van der Waals surface area contributed by atoms with Crippen molar-refractivity contribution in [2.24, 2.45) is 0 Å². The first kappa shape index (κ1) is 17.0. The summed E-state index contributed by atoms with van der Waals surface area (Å²) in [5.41, 5.74) is 0. The molecule has 0 saturated carbocycles. The van der Waals surface area contributed by atoms with Crippen molar-refractivity contribution in [3.05, 3.63) is 0 Å². The molecule has 8 heteroatoms. The van der Waals surface area contributed by atoms with Crippen molar-refractivity contribution in [1.82, 2.24) is 5.32 Å². The molecule has 0 aromatic heterocycles. The Hall–Kier alpha value is -1.02. The van der Waals surface area contributed by atoms with E-state index in [9.17, 15) is 18.0 Å². The number of alkyl carbamates (subject to hydrolysis) is 1. The standard InChI is InChI=1S/C10H18F3NO4/c1-16-6-7-17-5-3-2-4-14-9(15)18-8-10(11,12)13/h2-8H2,1H3,(H,14,15). The van der Waals surface area contributed by atoms with E-state index in [1.54, 1.807) is 7.11 Å². The van der Waals surface area contributed by atoms with Gasteiger partial charge in [0, 0.05) is 20.3 Å². The minimum Gasteiger partial charge on any atom is -0.440 e. The quantitative estimate of drug-likeness (QED) is 0.650. The lowest BCUT2D eigenvalue weighted by Crippen LogP contribution is -2.29. The highest BCUT2D eigenvalue weighted by Crippen LogP contribution is 2.14. The van der Waals surface area contributed by atoms with Crippen LogP contribution in [0.15, 0.2) is 0 Å². The van der Waals surface area contributed by atoms with Crippen LogP contribution in [0.5, 0.6) is 0 Å². The molecule has 0 heterocycles. The van der Waals surface area contributed by atoms with Crippen LogP contribution in [0.2, 0.25) is 0 Å². The van der Waals surface area contributed by atoms with E-state index >= 15 is 0 Å². The first-order chi connectivity index (χ1) is 8.45. The molecule has 1 N–H and O–H groups in total. The lowest BCUT2D eigenvalue weighted by atomic mass is 10.3. The van der Waals surface area contributed by atoms with Gasteiger partial charge in [-0.2, -0.15) is 13.2 Å². The van der Waals surface area contributed by atoms with Crippen LogP contribution in [0.1, 0.15) is 12.8 Å². The van der Waals surface area contributed by atoms with E-state index in [0.717, 1.165) is 0 Å². The maximum absolute atomic E-state index is 11.7. The van der Waals surface area contributed by atoms with E-state index < -0.39 is 18.9 Å². The minimum atomic E-state index is -4.49. The molecule has 0 unspecified atom stereocenters. The summed E-state index contributed by atoms with van der Waals surface area (Å²) in [6.07, 6.45) is -4.25. The molecule has 0 aliphatic carbocycles. The van der Waals surface area contributed by atoms with Crippen LogP contribution in [-0.4, -0.2) is 52.4 Å². The second-order valence-corrected chi connectivity index (χ2v) is 3.43. The van der Waals surface area contributed by atoms with E-state index in [0.29, 0.717) is 32.7 Å². The smallest absolute Gasteiger partial charge is 0.422 e. The molecule has 0 radical (unpaired) electrons. The number of nitrogens with one attached hydrogen (secondary N) is 1. The fraction of sp³-hybridized carbons (Fsp3) is 0.900. The maximum Gasteiger partial charge on any atom is 0.422 e. The Morgan fingerprint density at radius 3 is 2.50 bits per heavy atom. The van der Waals surface area contributed by atoms with E-state index in [1.807, 2.05) is 0 Å². The Labute approximate surface area is 104 Å². The van der Waals surface area contributed by atoms with Crippen molar-refractivity contribution >= 4 is 6.09 Å². The fourth-order valence-electron chi connectivity index (χ4n) is 0.962. The molecule has 0 bridgehead atoms. The van der Waals surface area contributed by atoms with Gasteiger partial charge in [0.05, 0.1) is 13.2 Å². The topological polar surface area (TPSA) is 56.8 Å². The number of amides is 1. The monoisotopic (exact) mass is 273 g/mol. The van der Waals surface area contributed by atoms with E-state index in [1.165, 1.54) is 0 Å². The summed E-state index contributed by atoms with van der Waals surface area (Å²) in [5, 5.41) is 2.22. The molecular weight excluding hydrogens is 255 g/mol. The normalized spacial score (nSPS) is 11.3. The first-order valence-electron chi connectivity index (χ1n) is 5.50. The van der Waals surface area contributed by atoms with Crippen LogP contribution in [-0.2, 0) is 14.2 Å². The van der Waals surface area contributed by atoms with E-state index in [2.05, 4.69) is 10.1 Å². The van der Waals surface area contributed by atoms with Crippen molar-refractivity contribution in [1.29, 1.82) is 0 Å². The molecule has 0 fully saturated rings. The van der Waals surface area contributed by atoms with Gasteiger partial charge in [-0.15, -0.1) is 0 Å². The number of carbonyl (C=O) groups is 1. The van der Waals surface area contributed by atoms with Crippen molar-refractivity contribution in [3.8, 4) is 0 Å². The van der Waals surface area contributed by atoms with Crippen LogP contribution in [0.3, 0.4) is 0 Å². The van der Waals surface area contributed by atoms with Gasteiger partial charge in [0.2, 0.25) is 0 Å². The second kappa shape index (κ2) is 9.95. The van der Waals surface area contributed by atoms with Crippen LogP contribution >= 0.6 is 0 Å². The number of methoxy groups -OCH3 is 1. The third-order valence-electron chi connectivity index (χ3n) is 1.78. The van der Waals surface area contributed by atoms with Gasteiger partial charge in [-0.3, -0.25) is 0 Å². The predicted molar refractivity (Wildman–Crippen MR) is 57.3 cm³/mol. The predicted octanol–water partition coefficient (Wildman–Crippen LogP) is 1.72. The van der Waals surface area contributed by atoms with E-state index in [-0.39, 0.29) is 6.54 Å². The second-order valence-electron chi connectivity index (χ2n) is 3.43. The van der Waals surface area contributed by atoms with Gasteiger partial charge in [-0.1, -0.05) is 0 Å². The summed E-state index contributed by atoms with van der Waals surface area (Å²) in [6.45, 7) is 0.214. The summed E-state index contributed by atoms with van der Waals surface area (Å²) in [5.74, 6) is 0. The molecule has 0 aromatic rings. The van der Waals surface area contributed by atoms with Gasteiger partial charge in [-0.25, -0.2) is 4.79 Å². The lowest BCUT2D eigenvalue weighted by molar-refractivity contribution is -0.160. The average molecular weight is 273 g/mol. The number of carbonyl (C=O) groups excluding carboxylic acids is 1. The van der Waals surface area contributed by atoms with Gasteiger partial charge >= 0.3 is 12.3 Å². The van der Waals surface area contributed by atoms with Gasteiger partial charge in [-0.05, 0) is 12.8 Å². The Balaban J connectivity index is 3.25. The minimum absolute atomic E-state index is 0.254. The summed E-state index contributed by atoms with van der Waals surface area (Å²) in [6, 6.07) is 0. The van der Waals surface area contributed by atoms with Gasteiger partial charge in [0.25, 0.3) is 0 Å². The SMILES string of the molecule is COCCOCCCCNC(=O)OCC(F)(F)F. The molecule has 0 aromatic carbocycles. The van der Waals surface area contributed by atoms with Crippen molar-refractivity contribution in [2.45, 2.75) is 19.0 Å². The molecule has 0 saturated heterocycles. The van der Waals surface area contributed by atoms with Crippen LogP contribution in [0, 0.1) is 0 Å².